The normalized spacial score (nSPS) is 23.8. The molecule has 1 aromatic heterocycles. The van der Waals surface area contributed by atoms with Crippen LogP contribution in [0.2, 0.25) is 0 Å². The molecule has 5 rings (SSSR count). The number of aromatic nitrogens is 2. The quantitative estimate of drug-likeness (QED) is 0.877. The Kier molecular flexibility index (Phi) is 4.69. The molecule has 1 aromatic carbocycles. The summed E-state index contributed by atoms with van der Waals surface area (Å²) in [6.45, 7) is 6.12. The van der Waals surface area contributed by atoms with Crippen LogP contribution in [0, 0.1) is 11.3 Å². The Morgan fingerprint density at radius 2 is 2.11 bits per heavy atom. The van der Waals surface area contributed by atoms with Gasteiger partial charge in [-0.3, -0.25) is 4.90 Å². The number of aliphatic hydroxyl groups excluding tert-OH is 1. The summed E-state index contributed by atoms with van der Waals surface area (Å²) in [5.74, 6) is 2.36. The second kappa shape index (κ2) is 7.33. The van der Waals surface area contributed by atoms with E-state index in [2.05, 4.69) is 38.0 Å². The SMILES string of the molecule is OCC1CN(c2ccncn2)CC12CCN(Cc1ccc3c(c1)CCO3)CC2. The predicted octanol–water partition coefficient (Wildman–Crippen LogP) is 2.12. The number of hydrogen-bond donors (Lipinski definition) is 1. The molecule has 1 atom stereocenters. The molecule has 6 nitrogen and oxygen atoms in total. The van der Waals surface area contributed by atoms with Crippen LogP contribution in [0.3, 0.4) is 0 Å². The van der Waals surface area contributed by atoms with Crippen LogP contribution < -0.4 is 9.64 Å². The molecule has 0 radical (unpaired) electrons. The van der Waals surface area contributed by atoms with Crippen molar-refractivity contribution >= 4 is 5.82 Å². The standard InChI is InChI=1S/C22H28N4O2/c27-14-19-13-26(21-3-7-23-16-24-21)15-22(19)5-8-25(9-6-22)12-17-1-2-20-18(11-17)4-10-28-20/h1-3,7,11,16,19,27H,4-6,8-10,12-15H2. The fourth-order valence-electron chi connectivity index (χ4n) is 5.25. The van der Waals surface area contributed by atoms with Gasteiger partial charge >= 0.3 is 0 Å². The highest BCUT2D eigenvalue weighted by Gasteiger charge is 2.47. The molecule has 6 heteroatoms. The highest BCUT2D eigenvalue weighted by Crippen LogP contribution is 2.45. The third-order valence-electron chi connectivity index (χ3n) is 6.94. The van der Waals surface area contributed by atoms with Crippen molar-refractivity contribution in [1.29, 1.82) is 0 Å². The zero-order chi connectivity index (χ0) is 19.0. The number of nitrogens with zero attached hydrogens (tertiary/aromatic N) is 4. The number of aliphatic hydroxyl groups is 1. The zero-order valence-electron chi connectivity index (χ0n) is 16.3. The molecule has 3 aliphatic rings. The van der Waals surface area contributed by atoms with Crippen LogP contribution in [-0.4, -0.2) is 59.4 Å². The van der Waals surface area contributed by atoms with E-state index < -0.39 is 0 Å². The van der Waals surface area contributed by atoms with E-state index in [9.17, 15) is 5.11 Å². The van der Waals surface area contributed by atoms with Crippen molar-refractivity contribution in [3.05, 3.63) is 47.9 Å². The molecule has 28 heavy (non-hydrogen) atoms. The predicted molar refractivity (Wildman–Crippen MR) is 107 cm³/mol. The van der Waals surface area contributed by atoms with Gasteiger partial charge in [-0.05, 0) is 54.6 Å². The first kappa shape index (κ1) is 17.9. The molecule has 1 N–H and O–H groups in total. The summed E-state index contributed by atoms with van der Waals surface area (Å²) in [7, 11) is 0. The number of rotatable bonds is 4. The van der Waals surface area contributed by atoms with Gasteiger partial charge in [0.2, 0.25) is 0 Å². The zero-order valence-corrected chi connectivity index (χ0v) is 16.3. The summed E-state index contributed by atoms with van der Waals surface area (Å²) in [4.78, 5) is 13.3. The van der Waals surface area contributed by atoms with Gasteiger partial charge in [-0.1, -0.05) is 12.1 Å². The number of hydrogen-bond acceptors (Lipinski definition) is 6. The number of anilines is 1. The largest absolute Gasteiger partial charge is 0.493 e. The van der Waals surface area contributed by atoms with Crippen LogP contribution >= 0.6 is 0 Å². The molecule has 148 valence electrons. The maximum atomic E-state index is 10.1. The molecule has 3 aliphatic heterocycles. The molecule has 0 saturated carbocycles. The molecular weight excluding hydrogens is 352 g/mol. The first-order valence-corrected chi connectivity index (χ1v) is 10.3. The molecule has 0 amide bonds. The van der Waals surface area contributed by atoms with Gasteiger partial charge < -0.3 is 14.7 Å². The molecule has 2 fully saturated rings. The van der Waals surface area contributed by atoms with E-state index in [1.807, 2.05) is 6.07 Å². The summed E-state index contributed by atoms with van der Waals surface area (Å²) in [6, 6.07) is 8.62. The van der Waals surface area contributed by atoms with Crippen molar-refractivity contribution in [2.24, 2.45) is 11.3 Å². The highest BCUT2D eigenvalue weighted by atomic mass is 16.5. The molecule has 2 saturated heterocycles. The van der Waals surface area contributed by atoms with Gasteiger partial charge in [-0.2, -0.15) is 0 Å². The summed E-state index contributed by atoms with van der Waals surface area (Å²) < 4.78 is 5.63. The number of ether oxygens (including phenoxy) is 1. The molecule has 0 bridgehead atoms. The van der Waals surface area contributed by atoms with Crippen LogP contribution in [0.5, 0.6) is 5.75 Å². The molecule has 2 aromatic rings. The lowest BCUT2D eigenvalue weighted by Crippen LogP contribution is -2.44. The van der Waals surface area contributed by atoms with Gasteiger partial charge in [0.15, 0.2) is 0 Å². The van der Waals surface area contributed by atoms with Crippen molar-refractivity contribution in [2.45, 2.75) is 25.8 Å². The lowest BCUT2D eigenvalue weighted by molar-refractivity contribution is 0.0506. The van der Waals surface area contributed by atoms with Crippen LogP contribution in [0.25, 0.3) is 0 Å². The number of piperidine rings is 1. The third kappa shape index (κ3) is 3.25. The van der Waals surface area contributed by atoms with Gasteiger partial charge in [-0.15, -0.1) is 0 Å². The minimum Gasteiger partial charge on any atom is -0.493 e. The van der Waals surface area contributed by atoms with E-state index in [1.165, 1.54) is 11.1 Å². The van der Waals surface area contributed by atoms with E-state index in [4.69, 9.17) is 4.74 Å². The molecule has 1 unspecified atom stereocenters. The maximum absolute atomic E-state index is 10.1. The third-order valence-corrected chi connectivity index (χ3v) is 6.94. The molecule has 0 aliphatic carbocycles. The van der Waals surface area contributed by atoms with E-state index in [0.717, 1.165) is 70.2 Å². The average Bonchev–Trinajstić information content (AvgIpc) is 3.35. The van der Waals surface area contributed by atoms with Gasteiger partial charge in [0.1, 0.15) is 17.9 Å². The van der Waals surface area contributed by atoms with Crippen LogP contribution in [0.4, 0.5) is 5.82 Å². The molecular formula is C22H28N4O2. The Labute approximate surface area is 166 Å². The van der Waals surface area contributed by atoms with Crippen molar-refractivity contribution in [3.63, 3.8) is 0 Å². The first-order chi connectivity index (χ1) is 13.8. The summed E-state index contributed by atoms with van der Waals surface area (Å²) in [5.41, 5.74) is 2.93. The molecule has 4 heterocycles. The smallest absolute Gasteiger partial charge is 0.131 e. The van der Waals surface area contributed by atoms with E-state index in [0.29, 0.717) is 5.92 Å². The van der Waals surface area contributed by atoms with Gasteiger partial charge in [-0.25, -0.2) is 9.97 Å². The Balaban J connectivity index is 1.24. The lowest BCUT2D eigenvalue weighted by atomic mass is 9.71. The minimum atomic E-state index is 0.196. The fraction of sp³-hybridized carbons (Fsp3) is 0.545. The maximum Gasteiger partial charge on any atom is 0.131 e. The topological polar surface area (TPSA) is 61.7 Å². The Bertz CT molecular complexity index is 821. The second-order valence-corrected chi connectivity index (χ2v) is 8.51. The highest BCUT2D eigenvalue weighted by molar-refractivity contribution is 5.40. The van der Waals surface area contributed by atoms with Crippen molar-refractivity contribution in [1.82, 2.24) is 14.9 Å². The summed E-state index contributed by atoms with van der Waals surface area (Å²) in [5, 5.41) is 10.1. The molecule has 1 spiro atoms. The van der Waals surface area contributed by atoms with Gasteiger partial charge in [0.25, 0.3) is 0 Å². The van der Waals surface area contributed by atoms with Gasteiger partial charge in [0.05, 0.1) is 6.61 Å². The van der Waals surface area contributed by atoms with Crippen molar-refractivity contribution < 1.29 is 9.84 Å². The Morgan fingerprint density at radius 3 is 2.89 bits per heavy atom. The second-order valence-electron chi connectivity index (χ2n) is 8.51. The van der Waals surface area contributed by atoms with Crippen LogP contribution in [0.15, 0.2) is 36.8 Å². The van der Waals surface area contributed by atoms with E-state index >= 15 is 0 Å². The van der Waals surface area contributed by atoms with E-state index in [1.54, 1.807) is 12.5 Å². The average molecular weight is 380 g/mol. The minimum absolute atomic E-state index is 0.196. The van der Waals surface area contributed by atoms with Crippen molar-refractivity contribution in [3.8, 4) is 5.75 Å². The van der Waals surface area contributed by atoms with Crippen LogP contribution in [0.1, 0.15) is 24.0 Å². The van der Waals surface area contributed by atoms with Gasteiger partial charge in [0, 0.05) is 44.8 Å². The van der Waals surface area contributed by atoms with Crippen molar-refractivity contribution in [2.75, 3.05) is 44.3 Å². The van der Waals surface area contributed by atoms with Crippen LogP contribution in [-0.2, 0) is 13.0 Å². The fourth-order valence-corrected chi connectivity index (χ4v) is 5.25. The number of likely N-dealkylation sites (tertiary alicyclic amines) is 1. The lowest BCUT2D eigenvalue weighted by Gasteiger charge is -2.42. The summed E-state index contributed by atoms with van der Waals surface area (Å²) in [6.07, 6.45) is 6.70. The monoisotopic (exact) mass is 380 g/mol. The Morgan fingerprint density at radius 1 is 1.21 bits per heavy atom. The first-order valence-electron chi connectivity index (χ1n) is 10.3. The number of benzene rings is 1. The number of fused-ring (bicyclic) bond motifs is 1. The Hall–Kier alpha value is -2.18. The summed E-state index contributed by atoms with van der Waals surface area (Å²) >= 11 is 0. The van der Waals surface area contributed by atoms with E-state index in [-0.39, 0.29) is 12.0 Å².